The Morgan fingerprint density at radius 3 is 2.26 bits per heavy atom. The smallest absolute Gasteiger partial charge is 0.338 e. The number of esters is 1. The standard InChI is InChI=1S/C39H44N2O4Si/c1-38(2,3)46(31-17-9-5-10-18-31,32-19-11-6-12-20-32)44-26-29-25-39-27-40-22-21-34(39)33-24-30(45-35(33)36(39)41-29)16-13-23-43-37(42)28-14-7-4-8-15-28/h4-12,14-15,17-21,24,29,36,40-41H,13,16,22-23,25-27H2,1-3H3/t29-,36+,39+/m0/s1. The van der Waals surface area contributed by atoms with Crippen molar-refractivity contribution in [3.63, 3.8) is 0 Å². The number of benzene rings is 3. The maximum atomic E-state index is 12.3. The van der Waals surface area contributed by atoms with Crippen molar-refractivity contribution >= 4 is 30.2 Å². The maximum absolute atomic E-state index is 12.3. The molecule has 3 heterocycles. The Morgan fingerprint density at radius 1 is 0.957 bits per heavy atom. The number of carbonyl (C=O) groups is 1. The predicted molar refractivity (Wildman–Crippen MR) is 185 cm³/mol. The highest BCUT2D eigenvalue weighted by molar-refractivity contribution is 6.99. The minimum absolute atomic E-state index is 0.0460. The lowest BCUT2D eigenvalue weighted by Crippen LogP contribution is -2.67. The van der Waals surface area contributed by atoms with Gasteiger partial charge >= 0.3 is 5.97 Å². The van der Waals surface area contributed by atoms with Crippen LogP contribution in [0.4, 0.5) is 0 Å². The zero-order valence-electron chi connectivity index (χ0n) is 27.1. The second kappa shape index (κ2) is 12.5. The van der Waals surface area contributed by atoms with E-state index in [0.717, 1.165) is 37.5 Å². The summed E-state index contributed by atoms with van der Waals surface area (Å²) in [5, 5.41) is 10.2. The summed E-state index contributed by atoms with van der Waals surface area (Å²) in [7, 11) is -2.64. The summed E-state index contributed by atoms with van der Waals surface area (Å²) in [6, 6.07) is 33.4. The molecule has 7 rings (SSSR count). The predicted octanol–water partition coefficient (Wildman–Crippen LogP) is 6.04. The van der Waals surface area contributed by atoms with Crippen molar-refractivity contribution in [1.82, 2.24) is 10.6 Å². The number of hydrogen-bond donors (Lipinski definition) is 2. The van der Waals surface area contributed by atoms with Gasteiger partial charge in [-0.25, -0.2) is 4.79 Å². The van der Waals surface area contributed by atoms with Gasteiger partial charge < -0.3 is 24.2 Å². The van der Waals surface area contributed by atoms with E-state index < -0.39 is 8.32 Å². The van der Waals surface area contributed by atoms with Gasteiger partial charge in [-0.15, -0.1) is 0 Å². The summed E-state index contributed by atoms with van der Waals surface area (Å²) in [6.07, 6.45) is 4.78. The van der Waals surface area contributed by atoms with Crippen LogP contribution in [0.5, 0.6) is 0 Å². The number of hydrogen-bond acceptors (Lipinski definition) is 6. The molecular formula is C39H44N2O4Si. The Labute approximate surface area is 273 Å². The topological polar surface area (TPSA) is 72.7 Å². The van der Waals surface area contributed by atoms with Crippen LogP contribution in [-0.4, -0.2) is 46.6 Å². The van der Waals surface area contributed by atoms with Crippen LogP contribution in [0.3, 0.4) is 0 Å². The number of furan rings is 1. The fourth-order valence-corrected chi connectivity index (χ4v) is 12.7. The van der Waals surface area contributed by atoms with E-state index in [0.29, 0.717) is 25.2 Å². The Kier molecular flexibility index (Phi) is 8.36. The van der Waals surface area contributed by atoms with Gasteiger partial charge in [0.2, 0.25) is 0 Å². The first-order valence-corrected chi connectivity index (χ1v) is 18.5. The van der Waals surface area contributed by atoms with Gasteiger partial charge in [0.15, 0.2) is 0 Å². The van der Waals surface area contributed by atoms with Crippen molar-refractivity contribution in [2.45, 2.75) is 57.2 Å². The van der Waals surface area contributed by atoms with Crippen molar-refractivity contribution < 1.29 is 18.4 Å². The first kappa shape index (κ1) is 30.9. The monoisotopic (exact) mass is 632 g/mol. The largest absolute Gasteiger partial charge is 0.464 e. The van der Waals surface area contributed by atoms with Crippen molar-refractivity contribution in [2.75, 3.05) is 26.3 Å². The lowest BCUT2D eigenvalue weighted by molar-refractivity contribution is 0.0499. The van der Waals surface area contributed by atoms with Crippen LogP contribution < -0.4 is 21.0 Å². The Balaban J connectivity index is 1.09. The van der Waals surface area contributed by atoms with E-state index >= 15 is 0 Å². The molecule has 3 aromatic carbocycles. The molecule has 1 spiro atoms. The summed E-state index contributed by atoms with van der Waals surface area (Å²) in [6.45, 7) is 9.77. The third kappa shape index (κ3) is 5.39. The molecule has 0 saturated carbocycles. The molecular weight excluding hydrogens is 589 g/mol. The van der Waals surface area contributed by atoms with E-state index in [9.17, 15) is 4.79 Å². The summed E-state index contributed by atoms with van der Waals surface area (Å²) < 4.78 is 19.5. The molecule has 0 radical (unpaired) electrons. The van der Waals surface area contributed by atoms with Crippen LogP contribution in [0.15, 0.2) is 108 Å². The lowest BCUT2D eigenvalue weighted by atomic mass is 9.74. The summed E-state index contributed by atoms with van der Waals surface area (Å²) in [4.78, 5) is 12.3. The molecule has 7 heteroatoms. The van der Waals surface area contributed by atoms with Gasteiger partial charge in [-0.3, -0.25) is 0 Å². The van der Waals surface area contributed by atoms with Crippen molar-refractivity contribution in [3.05, 3.63) is 126 Å². The van der Waals surface area contributed by atoms with E-state index in [1.807, 2.05) is 18.2 Å². The normalized spacial score (nSPS) is 22.1. The van der Waals surface area contributed by atoms with E-state index in [1.165, 1.54) is 21.5 Å². The first-order chi connectivity index (χ1) is 22.3. The molecule has 0 amide bonds. The highest BCUT2D eigenvalue weighted by Gasteiger charge is 2.59. The van der Waals surface area contributed by atoms with Crippen molar-refractivity contribution in [3.8, 4) is 0 Å². The number of fused-ring (bicyclic) bond motifs is 3. The summed E-state index contributed by atoms with van der Waals surface area (Å²) in [5.41, 5.74) is 3.17. The first-order valence-electron chi connectivity index (χ1n) is 16.6. The molecule has 3 aliphatic rings. The molecule has 1 aromatic heterocycles. The van der Waals surface area contributed by atoms with Gasteiger partial charge in [0, 0.05) is 36.5 Å². The molecule has 1 fully saturated rings. The van der Waals surface area contributed by atoms with Crippen LogP contribution in [0.2, 0.25) is 5.04 Å². The van der Waals surface area contributed by atoms with Gasteiger partial charge in [-0.05, 0) is 52.0 Å². The van der Waals surface area contributed by atoms with Crippen LogP contribution in [0, 0.1) is 5.41 Å². The number of aryl methyl sites for hydroxylation is 1. The quantitative estimate of drug-likeness (QED) is 0.126. The molecule has 1 saturated heterocycles. The molecule has 0 bridgehead atoms. The third-order valence-corrected chi connectivity index (χ3v) is 15.1. The number of carbonyl (C=O) groups excluding carboxylic acids is 1. The van der Waals surface area contributed by atoms with Crippen LogP contribution in [0.25, 0.3) is 5.57 Å². The molecule has 238 valence electrons. The lowest BCUT2D eigenvalue weighted by Gasteiger charge is -2.43. The zero-order chi connectivity index (χ0) is 31.8. The second-order valence-corrected chi connectivity index (χ2v) is 18.3. The minimum atomic E-state index is -2.64. The third-order valence-electron chi connectivity index (χ3n) is 10.1. The van der Waals surface area contributed by atoms with Gasteiger partial charge in [-0.2, -0.15) is 0 Å². The van der Waals surface area contributed by atoms with Gasteiger partial charge in [-0.1, -0.05) is 106 Å². The van der Waals surface area contributed by atoms with E-state index in [1.54, 1.807) is 12.1 Å². The molecule has 1 aliphatic carbocycles. The van der Waals surface area contributed by atoms with Gasteiger partial charge in [0.05, 0.1) is 24.8 Å². The average Bonchev–Trinajstić information content (AvgIpc) is 3.71. The van der Waals surface area contributed by atoms with Gasteiger partial charge in [0.25, 0.3) is 8.32 Å². The Bertz CT molecular complexity index is 1660. The van der Waals surface area contributed by atoms with Crippen molar-refractivity contribution in [1.29, 1.82) is 0 Å². The number of rotatable bonds is 10. The molecule has 6 nitrogen and oxygen atoms in total. The van der Waals surface area contributed by atoms with Crippen LogP contribution >= 0.6 is 0 Å². The highest BCUT2D eigenvalue weighted by Crippen LogP contribution is 2.60. The SMILES string of the molecule is CC(C)(C)[Si](OC[C@@H]1C[C@@]23CNCC=C2c2cc(CCCOC(=O)c4ccccc4)oc2[C@H]3N1)(c1ccccc1)c1ccccc1. The van der Waals surface area contributed by atoms with E-state index in [2.05, 4.69) is 104 Å². The summed E-state index contributed by atoms with van der Waals surface area (Å²) in [5.74, 6) is 1.70. The summed E-state index contributed by atoms with van der Waals surface area (Å²) >= 11 is 0. The van der Waals surface area contributed by atoms with Crippen LogP contribution in [-0.2, 0) is 15.6 Å². The fourth-order valence-electron chi connectivity index (χ4n) is 8.09. The Morgan fingerprint density at radius 2 is 1.61 bits per heavy atom. The number of nitrogens with one attached hydrogen (secondary N) is 2. The Hall–Kier alpha value is -3.75. The average molecular weight is 633 g/mol. The highest BCUT2D eigenvalue weighted by atomic mass is 28.4. The van der Waals surface area contributed by atoms with E-state index in [-0.39, 0.29) is 28.5 Å². The minimum Gasteiger partial charge on any atom is -0.464 e. The molecule has 2 aliphatic heterocycles. The van der Waals surface area contributed by atoms with Crippen molar-refractivity contribution in [2.24, 2.45) is 5.41 Å². The maximum Gasteiger partial charge on any atom is 0.338 e. The second-order valence-electron chi connectivity index (χ2n) is 14.0. The van der Waals surface area contributed by atoms with Gasteiger partial charge in [0.1, 0.15) is 11.5 Å². The molecule has 2 N–H and O–H groups in total. The molecule has 4 aromatic rings. The zero-order valence-corrected chi connectivity index (χ0v) is 28.1. The molecule has 3 atom stereocenters. The fraction of sp³-hybridized carbons (Fsp3) is 0.359. The molecule has 0 unspecified atom stereocenters. The van der Waals surface area contributed by atoms with Crippen LogP contribution in [0.1, 0.15) is 67.1 Å². The van der Waals surface area contributed by atoms with E-state index in [4.69, 9.17) is 13.6 Å². The molecule has 46 heavy (non-hydrogen) atoms. The number of ether oxygens (including phenoxy) is 1.